The summed E-state index contributed by atoms with van der Waals surface area (Å²) in [5.41, 5.74) is -3.05. The summed E-state index contributed by atoms with van der Waals surface area (Å²) in [5, 5.41) is 10.5. The Morgan fingerprint density at radius 3 is 2.06 bits per heavy atom. The van der Waals surface area contributed by atoms with Crippen LogP contribution in [0.4, 0.5) is 45.2 Å². The van der Waals surface area contributed by atoms with Gasteiger partial charge in [0.15, 0.2) is 0 Å². The molecule has 0 radical (unpaired) electrons. The fourth-order valence-corrected chi connectivity index (χ4v) is 3.84. The van der Waals surface area contributed by atoms with Crippen LogP contribution in [0.2, 0.25) is 0 Å². The van der Waals surface area contributed by atoms with Crippen molar-refractivity contribution < 1.29 is 39.5 Å². The third-order valence-corrected chi connectivity index (χ3v) is 5.47. The minimum absolute atomic E-state index is 0.0714. The van der Waals surface area contributed by atoms with Crippen molar-refractivity contribution in [2.75, 3.05) is 11.4 Å². The van der Waals surface area contributed by atoms with E-state index in [0.29, 0.717) is 16.5 Å². The summed E-state index contributed by atoms with van der Waals surface area (Å²) in [6, 6.07) is 7.58. The van der Waals surface area contributed by atoms with Gasteiger partial charge in [-0.1, -0.05) is 12.1 Å². The Labute approximate surface area is 190 Å². The number of nitrogens with zero attached hydrogens (tertiary/aromatic N) is 3. The first kappa shape index (κ1) is 25.4. The number of thiazole rings is 1. The first-order valence-corrected chi connectivity index (χ1v) is 10.1. The summed E-state index contributed by atoms with van der Waals surface area (Å²) in [6.07, 6.45) is -14.3. The highest BCUT2D eigenvalue weighted by Gasteiger charge is 2.36. The number of rotatable bonds is 5. The Kier molecular flexibility index (Phi) is 6.84. The van der Waals surface area contributed by atoms with Crippen molar-refractivity contribution in [3.8, 4) is 16.6 Å². The largest absolute Gasteiger partial charge is 0.417 e. The number of aromatic nitrogens is 1. The van der Waals surface area contributed by atoms with E-state index in [4.69, 9.17) is 5.26 Å². The van der Waals surface area contributed by atoms with Gasteiger partial charge in [-0.25, -0.2) is 4.98 Å². The highest BCUT2D eigenvalue weighted by Crippen LogP contribution is 2.36. The van der Waals surface area contributed by atoms with E-state index in [0.717, 1.165) is 47.7 Å². The van der Waals surface area contributed by atoms with Crippen LogP contribution in [0.1, 0.15) is 22.4 Å². The van der Waals surface area contributed by atoms with Gasteiger partial charge in [-0.2, -0.15) is 44.8 Å². The van der Waals surface area contributed by atoms with Crippen molar-refractivity contribution in [1.82, 2.24) is 4.98 Å². The van der Waals surface area contributed by atoms with E-state index >= 15 is 0 Å². The Morgan fingerprint density at radius 2 is 1.53 bits per heavy atom. The predicted octanol–water partition coefficient (Wildman–Crippen LogP) is 7.29. The number of anilines is 1. The molecule has 180 valence electrons. The fourth-order valence-electron chi connectivity index (χ4n) is 3.03. The van der Waals surface area contributed by atoms with Crippen LogP contribution < -0.4 is 4.90 Å². The molecule has 3 rings (SSSR count). The highest BCUT2D eigenvalue weighted by molar-refractivity contribution is 7.13. The van der Waals surface area contributed by atoms with Crippen molar-refractivity contribution in [2.24, 2.45) is 0 Å². The minimum atomic E-state index is -4.96. The maximum Gasteiger partial charge on any atom is 0.417 e. The fraction of sp³-hybridized carbons (Fsp3) is 0.238. The zero-order valence-electron chi connectivity index (χ0n) is 16.7. The summed E-state index contributed by atoms with van der Waals surface area (Å²) in [7, 11) is 0. The number of hydrogen-bond acceptors (Lipinski definition) is 4. The predicted molar refractivity (Wildman–Crippen MR) is 106 cm³/mol. The van der Waals surface area contributed by atoms with Crippen LogP contribution in [0.15, 0.2) is 47.8 Å². The van der Waals surface area contributed by atoms with Crippen molar-refractivity contribution in [3.05, 3.63) is 70.2 Å². The van der Waals surface area contributed by atoms with Gasteiger partial charge in [-0.05, 0) is 30.3 Å². The van der Waals surface area contributed by atoms with Crippen LogP contribution in [0.5, 0.6) is 0 Å². The molecule has 2 aromatic carbocycles. The molecule has 0 bridgehead atoms. The van der Waals surface area contributed by atoms with Crippen LogP contribution in [0, 0.1) is 11.3 Å². The summed E-state index contributed by atoms with van der Waals surface area (Å²) < 4.78 is 117. The van der Waals surface area contributed by atoms with E-state index in [1.165, 1.54) is 11.4 Å². The molecule has 3 nitrogen and oxygen atoms in total. The standard InChI is InChI=1S/C21H12F9N3S/c22-19(23,24)11-33(16-6-3-13(8-31)17(7-16)21(28,29)30)9-15-10-34-18(32-15)12-1-4-14(5-2-12)20(25,26)27/h1-7,10H,9,11H2. The topological polar surface area (TPSA) is 39.9 Å². The van der Waals surface area contributed by atoms with Crippen LogP contribution in [0.25, 0.3) is 10.6 Å². The van der Waals surface area contributed by atoms with Gasteiger partial charge in [0.2, 0.25) is 0 Å². The minimum Gasteiger partial charge on any atom is -0.357 e. The molecule has 0 unspecified atom stereocenters. The third kappa shape index (κ3) is 6.19. The van der Waals surface area contributed by atoms with Crippen molar-refractivity contribution >= 4 is 17.0 Å². The molecule has 13 heteroatoms. The second-order valence-corrected chi connectivity index (χ2v) is 7.89. The lowest BCUT2D eigenvalue weighted by molar-refractivity contribution is -0.138. The molecule has 1 heterocycles. The third-order valence-electron chi connectivity index (χ3n) is 4.53. The number of hydrogen-bond donors (Lipinski definition) is 0. The molecular formula is C21H12F9N3S. The van der Waals surface area contributed by atoms with Crippen molar-refractivity contribution in [1.29, 1.82) is 5.26 Å². The van der Waals surface area contributed by atoms with Gasteiger partial charge < -0.3 is 4.90 Å². The van der Waals surface area contributed by atoms with Crippen LogP contribution in [0.3, 0.4) is 0 Å². The zero-order valence-corrected chi connectivity index (χ0v) is 17.5. The quantitative estimate of drug-likeness (QED) is 0.339. The molecule has 34 heavy (non-hydrogen) atoms. The SMILES string of the molecule is N#Cc1ccc(N(Cc2csc(-c3ccc(C(F)(F)F)cc3)n2)CC(F)(F)F)cc1C(F)(F)F. The monoisotopic (exact) mass is 509 g/mol. The van der Waals surface area contributed by atoms with E-state index in [2.05, 4.69) is 4.98 Å². The number of benzene rings is 2. The maximum absolute atomic E-state index is 13.3. The van der Waals surface area contributed by atoms with E-state index in [9.17, 15) is 39.5 Å². The van der Waals surface area contributed by atoms with Crippen LogP contribution in [-0.4, -0.2) is 17.7 Å². The van der Waals surface area contributed by atoms with Crippen molar-refractivity contribution in [3.63, 3.8) is 0 Å². The average molecular weight is 509 g/mol. The molecule has 3 aromatic rings. The molecule has 0 fully saturated rings. The lowest BCUT2D eigenvalue weighted by Crippen LogP contribution is -2.34. The molecule has 1 aromatic heterocycles. The molecule has 0 spiro atoms. The molecule has 0 atom stereocenters. The Hall–Kier alpha value is -3.27. The molecular weight excluding hydrogens is 497 g/mol. The summed E-state index contributed by atoms with van der Waals surface area (Å²) in [5.74, 6) is 0. The first-order valence-electron chi connectivity index (χ1n) is 9.22. The van der Waals surface area contributed by atoms with E-state index in [1.807, 2.05) is 0 Å². The van der Waals surface area contributed by atoms with E-state index in [-0.39, 0.29) is 10.7 Å². The Morgan fingerprint density at radius 1 is 0.882 bits per heavy atom. The average Bonchev–Trinajstić information content (AvgIpc) is 3.19. The second kappa shape index (κ2) is 9.17. The molecule has 0 aliphatic heterocycles. The van der Waals surface area contributed by atoms with Gasteiger partial charge in [0.25, 0.3) is 0 Å². The van der Waals surface area contributed by atoms with Gasteiger partial charge in [0, 0.05) is 16.6 Å². The molecule has 0 saturated carbocycles. The first-order chi connectivity index (χ1) is 15.7. The Balaban J connectivity index is 1.92. The summed E-state index contributed by atoms with van der Waals surface area (Å²) >= 11 is 0.961. The molecule has 0 aliphatic rings. The lowest BCUT2D eigenvalue weighted by atomic mass is 10.1. The van der Waals surface area contributed by atoms with Crippen molar-refractivity contribution in [2.45, 2.75) is 25.1 Å². The highest BCUT2D eigenvalue weighted by atomic mass is 32.1. The maximum atomic E-state index is 13.3. The van der Waals surface area contributed by atoms with Gasteiger partial charge in [-0.15, -0.1) is 11.3 Å². The second-order valence-electron chi connectivity index (χ2n) is 7.03. The molecule has 0 aliphatic carbocycles. The van der Waals surface area contributed by atoms with Gasteiger partial charge in [-0.3, -0.25) is 0 Å². The number of alkyl halides is 9. The number of nitriles is 1. The van der Waals surface area contributed by atoms with E-state index in [1.54, 1.807) is 0 Å². The number of halogens is 9. The Bertz CT molecular complexity index is 1190. The normalized spacial score (nSPS) is 12.5. The van der Waals surface area contributed by atoms with Gasteiger partial charge in [0.05, 0.1) is 35.0 Å². The molecule has 0 amide bonds. The lowest BCUT2D eigenvalue weighted by Gasteiger charge is -2.26. The molecule has 0 saturated heterocycles. The summed E-state index contributed by atoms with van der Waals surface area (Å²) in [6.45, 7) is -2.12. The van der Waals surface area contributed by atoms with Crippen LogP contribution >= 0.6 is 11.3 Å². The van der Waals surface area contributed by atoms with Gasteiger partial charge >= 0.3 is 18.5 Å². The molecule has 0 N–H and O–H groups in total. The zero-order chi connectivity index (χ0) is 25.3. The summed E-state index contributed by atoms with van der Waals surface area (Å²) in [4.78, 5) is 4.75. The van der Waals surface area contributed by atoms with E-state index < -0.39 is 54.0 Å². The van der Waals surface area contributed by atoms with Crippen LogP contribution in [-0.2, 0) is 18.9 Å². The smallest absolute Gasteiger partial charge is 0.357 e. The van der Waals surface area contributed by atoms with Gasteiger partial charge in [0.1, 0.15) is 11.6 Å².